The summed E-state index contributed by atoms with van der Waals surface area (Å²) in [5, 5.41) is 0. The van der Waals surface area contributed by atoms with Gasteiger partial charge in [0, 0.05) is 6.42 Å². The predicted octanol–water partition coefficient (Wildman–Crippen LogP) is 3.11. The number of unbranched alkanes of at least 4 members (excludes halogenated alkanes) is 4. The third-order valence-corrected chi connectivity index (χ3v) is 1.89. The Balaban J connectivity index is 3.08. The minimum absolute atomic E-state index is 0.0693. The third kappa shape index (κ3) is 9.38. The second kappa shape index (κ2) is 9.56. The van der Waals surface area contributed by atoms with Gasteiger partial charge in [0.2, 0.25) is 0 Å². The molecule has 0 heterocycles. The van der Waals surface area contributed by atoms with Crippen LogP contribution in [0.3, 0.4) is 0 Å². The summed E-state index contributed by atoms with van der Waals surface area (Å²) in [6.07, 6.45) is 7.10. The van der Waals surface area contributed by atoms with E-state index in [1.165, 1.54) is 19.3 Å². The smallest absolute Gasteiger partial charge is 0.305 e. The van der Waals surface area contributed by atoms with E-state index in [4.69, 9.17) is 4.74 Å². The molecule has 13 heavy (non-hydrogen) atoms. The van der Waals surface area contributed by atoms with E-state index in [0.717, 1.165) is 12.8 Å². The van der Waals surface area contributed by atoms with E-state index in [0.29, 0.717) is 19.4 Å². The van der Waals surface area contributed by atoms with Crippen molar-refractivity contribution in [3.63, 3.8) is 0 Å². The van der Waals surface area contributed by atoms with Gasteiger partial charge in [-0.05, 0) is 19.8 Å². The maximum atomic E-state index is 11.0. The Morgan fingerprint density at radius 2 is 1.92 bits per heavy atom. The van der Waals surface area contributed by atoms with Crippen LogP contribution in [0.4, 0.5) is 0 Å². The second-order valence-corrected chi connectivity index (χ2v) is 3.24. The lowest BCUT2D eigenvalue weighted by Crippen LogP contribution is -2.04. The Kier molecular flexibility index (Phi) is 9.17. The largest absolute Gasteiger partial charge is 0.466 e. The van der Waals surface area contributed by atoms with Crippen LogP contribution in [0.2, 0.25) is 0 Å². The third-order valence-electron chi connectivity index (χ3n) is 1.89. The first-order valence-corrected chi connectivity index (χ1v) is 5.26. The highest BCUT2D eigenvalue weighted by molar-refractivity contribution is 5.69. The van der Waals surface area contributed by atoms with Gasteiger partial charge in [0.05, 0.1) is 6.61 Å². The minimum Gasteiger partial charge on any atom is -0.466 e. The van der Waals surface area contributed by atoms with Crippen molar-refractivity contribution < 1.29 is 9.53 Å². The zero-order valence-electron chi connectivity index (χ0n) is 8.68. The van der Waals surface area contributed by atoms with Crippen LogP contribution in [-0.4, -0.2) is 12.6 Å². The summed E-state index contributed by atoms with van der Waals surface area (Å²) in [7, 11) is 0. The summed E-state index contributed by atoms with van der Waals surface area (Å²) in [5.74, 6) is -0.0693. The van der Waals surface area contributed by atoms with Crippen molar-refractivity contribution in [3.05, 3.63) is 6.92 Å². The minimum atomic E-state index is -0.0693. The molecule has 0 aliphatic heterocycles. The van der Waals surface area contributed by atoms with Gasteiger partial charge in [-0.15, -0.1) is 0 Å². The van der Waals surface area contributed by atoms with E-state index >= 15 is 0 Å². The zero-order valence-corrected chi connectivity index (χ0v) is 8.68. The topological polar surface area (TPSA) is 26.3 Å². The standard InChI is InChI=1S/C11H21O2/c1-3-5-6-7-8-9-11(12)13-10-4-2/h2-10H2,1H3. The van der Waals surface area contributed by atoms with Crippen LogP contribution in [0.5, 0.6) is 0 Å². The number of ether oxygens (including phenoxy) is 1. The maximum Gasteiger partial charge on any atom is 0.305 e. The molecule has 0 aromatic carbocycles. The van der Waals surface area contributed by atoms with Crippen molar-refractivity contribution in [2.24, 2.45) is 0 Å². The molecule has 0 saturated heterocycles. The summed E-state index contributed by atoms with van der Waals surface area (Å²) in [6.45, 7) is 6.25. The van der Waals surface area contributed by atoms with E-state index in [9.17, 15) is 4.79 Å². The molecule has 0 aliphatic carbocycles. The normalized spacial score (nSPS) is 10.0. The summed E-state index contributed by atoms with van der Waals surface area (Å²) in [6, 6.07) is 0. The van der Waals surface area contributed by atoms with E-state index in [1.54, 1.807) is 0 Å². The Hall–Kier alpha value is -0.530. The van der Waals surface area contributed by atoms with Gasteiger partial charge in [-0.1, -0.05) is 32.6 Å². The van der Waals surface area contributed by atoms with Gasteiger partial charge < -0.3 is 4.74 Å². The molecule has 1 radical (unpaired) electrons. The summed E-state index contributed by atoms with van der Waals surface area (Å²) in [5.41, 5.74) is 0. The summed E-state index contributed by atoms with van der Waals surface area (Å²) >= 11 is 0. The molecule has 2 nitrogen and oxygen atoms in total. The van der Waals surface area contributed by atoms with Crippen LogP contribution in [-0.2, 0) is 9.53 Å². The fourth-order valence-corrected chi connectivity index (χ4v) is 1.13. The number of carbonyl (C=O) groups is 1. The quantitative estimate of drug-likeness (QED) is 0.429. The van der Waals surface area contributed by atoms with Crippen LogP contribution in [0.1, 0.15) is 51.9 Å². The molecule has 0 amide bonds. The fourth-order valence-electron chi connectivity index (χ4n) is 1.13. The average Bonchev–Trinajstić information content (AvgIpc) is 2.14. The summed E-state index contributed by atoms with van der Waals surface area (Å²) < 4.78 is 4.90. The van der Waals surface area contributed by atoms with Gasteiger partial charge in [0.25, 0.3) is 0 Å². The van der Waals surface area contributed by atoms with Crippen LogP contribution in [0.25, 0.3) is 0 Å². The lowest BCUT2D eigenvalue weighted by molar-refractivity contribution is -0.143. The monoisotopic (exact) mass is 185 g/mol. The van der Waals surface area contributed by atoms with Gasteiger partial charge in [0.1, 0.15) is 0 Å². The van der Waals surface area contributed by atoms with Gasteiger partial charge in [-0.25, -0.2) is 0 Å². The van der Waals surface area contributed by atoms with Crippen molar-refractivity contribution >= 4 is 5.97 Å². The first kappa shape index (κ1) is 12.5. The SMILES string of the molecule is [CH2]CCOC(=O)CCCCCCC. The molecule has 0 aliphatic rings. The van der Waals surface area contributed by atoms with Gasteiger partial charge in [-0.2, -0.15) is 0 Å². The lowest BCUT2D eigenvalue weighted by atomic mass is 10.1. The predicted molar refractivity (Wildman–Crippen MR) is 54.3 cm³/mol. The van der Waals surface area contributed by atoms with Gasteiger partial charge >= 0.3 is 5.97 Å². The van der Waals surface area contributed by atoms with Crippen molar-refractivity contribution in [3.8, 4) is 0 Å². The van der Waals surface area contributed by atoms with Gasteiger partial charge in [0.15, 0.2) is 0 Å². The van der Waals surface area contributed by atoms with E-state index in [2.05, 4.69) is 13.8 Å². The Labute approximate surface area is 81.7 Å². The van der Waals surface area contributed by atoms with Crippen LogP contribution in [0, 0.1) is 6.92 Å². The van der Waals surface area contributed by atoms with Crippen molar-refractivity contribution in [1.29, 1.82) is 0 Å². The number of esters is 1. The Morgan fingerprint density at radius 3 is 2.54 bits per heavy atom. The molecule has 0 aromatic heterocycles. The molecular formula is C11H21O2. The van der Waals surface area contributed by atoms with Crippen molar-refractivity contribution in [1.82, 2.24) is 0 Å². The maximum absolute atomic E-state index is 11.0. The molecular weight excluding hydrogens is 164 g/mol. The molecule has 0 fully saturated rings. The number of rotatable bonds is 8. The summed E-state index contributed by atoms with van der Waals surface area (Å²) in [4.78, 5) is 11.0. The molecule has 0 saturated carbocycles. The Bertz CT molecular complexity index is 121. The first-order valence-electron chi connectivity index (χ1n) is 5.26. The molecule has 0 spiro atoms. The highest BCUT2D eigenvalue weighted by Gasteiger charge is 2.00. The van der Waals surface area contributed by atoms with Crippen molar-refractivity contribution in [2.75, 3.05) is 6.61 Å². The Morgan fingerprint density at radius 1 is 1.23 bits per heavy atom. The van der Waals surface area contributed by atoms with Crippen molar-refractivity contribution in [2.45, 2.75) is 51.9 Å². The lowest BCUT2D eigenvalue weighted by Gasteiger charge is -2.02. The molecule has 0 aromatic rings. The van der Waals surface area contributed by atoms with E-state index < -0.39 is 0 Å². The molecule has 0 bridgehead atoms. The molecule has 77 valence electrons. The number of hydrogen-bond acceptors (Lipinski definition) is 2. The zero-order chi connectivity index (χ0) is 9.94. The number of hydrogen-bond donors (Lipinski definition) is 0. The number of carbonyl (C=O) groups excluding carboxylic acids is 1. The first-order chi connectivity index (χ1) is 6.31. The molecule has 0 atom stereocenters. The molecule has 2 heteroatoms. The fraction of sp³-hybridized carbons (Fsp3) is 0.818. The van der Waals surface area contributed by atoms with Crippen LogP contribution >= 0.6 is 0 Å². The van der Waals surface area contributed by atoms with Gasteiger partial charge in [-0.3, -0.25) is 4.79 Å². The van der Waals surface area contributed by atoms with Crippen LogP contribution < -0.4 is 0 Å². The molecule has 0 N–H and O–H groups in total. The van der Waals surface area contributed by atoms with E-state index in [1.807, 2.05) is 0 Å². The van der Waals surface area contributed by atoms with Crippen LogP contribution in [0.15, 0.2) is 0 Å². The average molecular weight is 185 g/mol. The van der Waals surface area contributed by atoms with E-state index in [-0.39, 0.29) is 5.97 Å². The highest BCUT2D eigenvalue weighted by Crippen LogP contribution is 2.05. The molecule has 0 rings (SSSR count). The second-order valence-electron chi connectivity index (χ2n) is 3.24. The highest BCUT2D eigenvalue weighted by atomic mass is 16.5. The molecule has 0 unspecified atom stereocenters.